The van der Waals surface area contributed by atoms with Crippen LogP contribution < -0.4 is 10.6 Å². The number of fused-ring (bicyclic) bond motifs is 1. The lowest BCUT2D eigenvalue weighted by Gasteiger charge is -2.10. The summed E-state index contributed by atoms with van der Waals surface area (Å²) in [5.74, 6) is -0.732. The molecule has 2 amide bonds. The number of para-hydroxylation sites is 1. The minimum Gasteiger partial charge on any atom is -0.326 e. The third-order valence-electron chi connectivity index (χ3n) is 4.58. The van der Waals surface area contributed by atoms with Crippen LogP contribution in [0.15, 0.2) is 78.9 Å². The van der Waals surface area contributed by atoms with E-state index in [1.807, 2.05) is 78.9 Å². The molecule has 1 aliphatic heterocycles. The molecular formula is C22H18N2O2. The van der Waals surface area contributed by atoms with Gasteiger partial charge in [0.25, 0.3) is 0 Å². The lowest BCUT2D eigenvalue weighted by Crippen LogP contribution is -2.20. The molecule has 3 aromatic carbocycles. The van der Waals surface area contributed by atoms with Gasteiger partial charge in [-0.25, -0.2) is 0 Å². The minimum absolute atomic E-state index is 0.124. The molecule has 0 radical (unpaired) electrons. The highest BCUT2D eigenvalue weighted by molar-refractivity contribution is 6.06. The van der Waals surface area contributed by atoms with E-state index in [2.05, 4.69) is 10.6 Å². The molecule has 0 saturated heterocycles. The van der Waals surface area contributed by atoms with E-state index in [-0.39, 0.29) is 18.2 Å². The minimum atomic E-state index is -0.435. The van der Waals surface area contributed by atoms with Gasteiger partial charge in [0.05, 0.1) is 5.92 Å². The van der Waals surface area contributed by atoms with E-state index in [0.29, 0.717) is 0 Å². The fourth-order valence-electron chi connectivity index (χ4n) is 3.25. The van der Waals surface area contributed by atoms with Crippen LogP contribution in [0.1, 0.15) is 17.9 Å². The molecule has 0 aliphatic carbocycles. The maximum atomic E-state index is 12.4. The van der Waals surface area contributed by atoms with Crippen LogP contribution in [0, 0.1) is 0 Å². The summed E-state index contributed by atoms with van der Waals surface area (Å²) in [5.41, 5.74) is 4.62. The number of nitrogens with one attached hydrogen (secondary N) is 2. The molecule has 4 rings (SSSR count). The van der Waals surface area contributed by atoms with E-state index >= 15 is 0 Å². The molecule has 3 aromatic rings. The Morgan fingerprint density at radius 3 is 2.27 bits per heavy atom. The number of benzene rings is 3. The van der Waals surface area contributed by atoms with Crippen LogP contribution in [0.3, 0.4) is 0 Å². The molecule has 4 heteroatoms. The van der Waals surface area contributed by atoms with Crippen molar-refractivity contribution in [3.05, 3.63) is 84.4 Å². The molecule has 0 saturated carbocycles. The molecule has 0 spiro atoms. The zero-order chi connectivity index (χ0) is 17.9. The van der Waals surface area contributed by atoms with Crippen LogP contribution in [0.25, 0.3) is 11.1 Å². The van der Waals surface area contributed by atoms with Gasteiger partial charge in [-0.1, -0.05) is 60.7 Å². The first-order chi connectivity index (χ1) is 12.7. The molecule has 26 heavy (non-hydrogen) atoms. The van der Waals surface area contributed by atoms with E-state index in [9.17, 15) is 9.59 Å². The van der Waals surface area contributed by atoms with Crippen molar-refractivity contribution in [2.24, 2.45) is 0 Å². The van der Waals surface area contributed by atoms with Crippen LogP contribution >= 0.6 is 0 Å². The summed E-state index contributed by atoms with van der Waals surface area (Å²) in [5, 5.41) is 5.70. The van der Waals surface area contributed by atoms with Gasteiger partial charge in [0.2, 0.25) is 11.8 Å². The number of hydrogen-bond acceptors (Lipinski definition) is 2. The van der Waals surface area contributed by atoms with Gasteiger partial charge >= 0.3 is 0 Å². The Hall–Kier alpha value is -3.40. The normalized spacial score (nSPS) is 15.2. The molecule has 0 fully saturated rings. The van der Waals surface area contributed by atoms with E-state index in [1.54, 1.807) is 0 Å². The third kappa shape index (κ3) is 3.22. The van der Waals surface area contributed by atoms with Gasteiger partial charge in [0, 0.05) is 17.8 Å². The van der Waals surface area contributed by atoms with Crippen LogP contribution in [0.4, 0.5) is 11.4 Å². The maximum absolute atomic E-state index is 12.4. The van der Waals surface area contributed by atoms with Crippen molar-refractivity contribution in [2.75, 3.05) is 10.6 Å². The number of amides is 2. The molecule has 1 aliphatic rings. The van der Waals surface area contributed by atoms with Crippen LogP contribution in [-0.4, -0.2) is 11.8 Å². The fraction of sp³-hybridized carbons (Fsp3) is 0.0909. The van der Waals surface area contributed by atoms with Crippen LogP contribution in [-0.2, 0) is 9.59 Å². The molecule has 0 bridgehead atoms. The lowest BCUT2D eigenvalue weighted by molar-refractivity contribution is -0.122. The SMILES string of the molecule is O=C(C[C@H]1C(=O)Nc2ccccc21)Nc1ccc(-c2ccccc2)cc1. The highest BCUT2D eigenvalue weighted by Gasteiger charge is 2.31. The number of anilines is 2. The van der Waals surface area contributed by atoms with Gasteiger partial charge in [-0.2, -0.15) is 0 Å². The molecular weight excluding hydrogens is 324 g/mol. The Bertz CT molecular complexity index is 949. The number of carbonyl (C=O) groups is 2. The highest BCUT2D eigenvalue weighted by Crippen LogP contribution is 2.34. The maximum Gasteiger partial charge on any atom is 0.232 e. The number of carbonyl (C=O) groups excluding carboxylic acids is 2. The standard InChI is InChI=1S/C22H18N2O2/c25-21(14-19-18-8-4-5-9-20(18)24-22(19)26)23-17-12-10-16(11-13-17)15-6-2-1-3-7-15/h1-13,19H,14H2,(H,23,25)(H,24,26)/t19-/m1/s1. The van der Waals surface area contributed by atoms with Crippen molar-refractivity contribution in [3.63, 3.8) is 0 Å². The molecule has 1 atom stereocenters. The highest BCUT2D eigenvalue weighted by atomic mass is 16.2. The fourth-order valence-corrected chi connectivity index (χ4v) is 3.25. The average Bonchev–Trinajstić information content (AvgIpc) is 2.98. The topological polar surface area (TPSA) is 58.2 Å². The Morgan fingerprint density at radius 2 is 1.50 bits per heavy atom. The Labute approximate surface area is 151 Å². The Morgan fingerprint density at radius 1 is 0.846 bits per heavy atom. The summed E-state index contributed by atoms with van der Waals surface area (Å²) >= 11 is 0. The lowest BCUT2D eigenvalue weighted by atomic mass is 9.97. The van der Waals surface area contributed by atoms with E-state index in [1.165, 1.54) is 0 Å². The van der Waals surface area contributed by atoms with Gasteiger partial charge < -0.3 is 10.6 Å². The smallest absolute Gasteiger partial charge is 0.232 e. The molecule has 1 heterocycles. The summed E-state index contributed by atoms with van der Waals surface area (Å²) < 4.78 is 0. The van der Waals surface area contributed by atoms with E-state index < -0.39 is 5.92 Å². The zero-order valence-electron chi connectivity index (χ0n) is 14.1. The first kappa shape index (κ1) is 16.1. The van der Waals surface area contributed by atoms with Gasteiger partial charge in [0.15, 0.2) is 0 Å². The molecule has 0 unspecified atom stereocenters. The van der Waals surface area contributed by atoms with E-state index in [4.69, 9.17) is 0 Å². The van der Waals surface area contributed by atoms with Crippen molar-refractivity contribution in [1.29, 1.82) is 0 Å². The number of hydrogen-bond donors (Lipinski definition) is 2. The monoisotopic (exact) mass is 342 g/mol. The quantitative estimate of drug-likeness (QED) is 0.737. The van der Waals surface area contributed by atoms with Gasteiger partial charge in [0.1, 0.15) is 0 Å². The predicted octanol–water partition coefficient (Wildman–Crippen LogP) is 4.42. The molecule has 128 valence electrons. The second-order valence-electron chi connectivity index (χ2n) is 6.32. The van der Waals surface area contributed by atoms with Gasteiger partial charge in [-0.15, -0.1) is 0 Å². The summed E-state index contributed by atoms with van der Waals surface area (Å²) in [6.07, 6.45) is 0.128. The number of rotatable bonds is 4. The molecule has 4 nitrogen and oxygen atoms in total. The largest absolute Gasteiger partial charge is 0.326 e. The van der Waals surface area contributed by atoms with Gasteiger partial charge in [-0.3, -0.25) is 9.59 Å². The molecule has 0 aromatic heterocycles. The summed E-state index contributed by atoms with van der Waals surface area (Å²) in [6.45, 7) is 0. The van der Waals surface area contributed by atoms with Crippen molar-refractivity contribution in [1.82, 2.24) is 0 Å². The first-order valence-corrected chi connectivity index (χ1v) is 8.56. The summed E-state index contributed by atoms with van der Waals surface area (Å²) in [4.78, 5) is 24.5. The zero-order valence-corrected chi connectivity index (χ0v) is 14.1. The predicted molar refractivity (Wildman–Crippen MR) is 103 cm³/mol. The van der Waals surface area contributed by atoms with Crippen molar-refractivity contribution in [2.45, 2.75) is 12.3 Å². The Kier molecular flexibility index (Phi) is 4.23. The second kappa shape index (κ2) is 6.84. The Balaban J connectivity index is 1.43. The first-order valence-electron chi connectivity index (χ1n) is 8.56. The van der Waals surface area contributed by atoms with Crippen molar-refractivity contribution < 1.29 is 9.59 Å². The van der Waals surface area contributed by atoms with Crippen molar-refractivity contribution >= 4 is 23.2 Å². The van der Waals surface area contributed by atoms with Crippen LogP contribution in [0.5, 0.6) is 0 Å². The van der Waals surface area contributed by atoms with E-state index in [0.717, 1.165) is 28.1 Å². The third-order valence-corrected chi connectivity index (χ3v) is 4.58. The summed E-state index contributed by atoms with van der Waals surface area (Å²) in [6, 6.07) is 25.3. The second-order valence-corrected chi connectivity index (χ2v) is 6.32. The van der Waals surface area contributed by atoms with Crippen LogP contribution in [0.2, 0.25) is 0 Å². The van der Waals surface area contributed by atoms with Crippen molar-refractivity contribution in [3.8, 4) is 11.1 Å². The van der Waals surface area contributed by atoms with Gasteiger partial charge in [-0.05, 0) is 34.9 Å². The summed E-state index contributed by atoms with van der Waals surface area (Å²) in [7, 11) is 0. The molecule has 2 N–H and O–H groups in total. The average molecular weight is 342 g/mol.